The lowest BCUT2D eigenvalue weighted by Gasteiger charge is -2.21. The summed E-state index contributed by atoms with van der Waals surface area (Å²) in [5.74, 6) is -3.09. The SMILES string of the molecule is CC(C)C[C@H](NC(=O)[C@H](C)NC(=O)[C@@H](N)CC(=O)O)C(N)=O. The summed E-state index contributed by atoms with van der Waals surface area (Å²) in [7, 11) is 0. The number of nitrogens with two attached hydrogens (primary N) is 2. The van der Waals surface area contributed by atoms with Crippen LogP contribution in [0.2, 0.25) is 0 Å². The van der Waals surface area contributed by atoms with E-state index in [-0.39, 0.29) is 5.92 Å². The number of amides is 3. The Hall–Kier alpha value is -2.16. The molecule has 0 aromatic carbocycles. The smallest absolute Gasteiger partial charge is 0.305 e. The second kappa shape index (κ2) is 8.98. The molecule has 0 unspecified atom stereocenters. The van der Waals surface area contributed by atoms with Crippen molar-refractivity contribution in [1.82, 2.24) is 10.6 Å². The van der Waals surface area contributed by atoms with Crippen molar-refractivity contribution in [2.24, 2.45) is 17.4 Å². The Bertz CT molecular complexity index is 438. The standard InChI is InChI=1S/C13H24N4O5/c1-6(2)4-9(11(15)20)17-12(21)7(3)16-13(22)8(14)5-10(18)19/h6-9H,4-5,14H2,1-3H3,(H2,15,20)(H,16,22)(H,17,21)(H,18,19)/t7-,8-,9-/m0/s1. The maximum atomic E-state index is 11.9. The van der Waals surface area contributed by atoms with Gasteiger partial charge in [0, 0.05) is 0 Å². The zero-order valence-electron chi connectivity index (χ0n) is 13.0. The van der Waals surface area contributed by atoms with E-state index in [0.29, 0.717) is 6.42 Å². The number of primary amides is 1. The Kier molecular flexibility index (Phi) is 8.10. The van der Waals surface area contributed by atoms with Crippen LogP contribution >= 0.6 is 0 Å². The fourth-order valence-corrected chi connectivity index (χ4v) is 1.68. The van der Waals surface area contributed by atoms with Crippen molar-refractivity contribution >= 4 is 23.7 Å². The minimum Gasteiger partial charge on any atom is -0.481 e. The lowest BCUT2D eigenvalue weighted by molar-refractivity contribution is -0.139. The van der Waals surface area contributed by atoms with Crippen molar-refractivity contribution in [2.45, 2.75) is 51.7 Å². The van der Waals surface area contributed by atoms with Gasteiger partial charge in [0.2, 0.25) is 17.7 Å². The van der Waals surface area contributed by atoms with Crippen molar-refractivity contribution < 1.29 is 24.3 Å². The lowest BCUT2D eigenvalue weighted by Crippen LogP contribution is -2.54. The van der Waals surface area contributed by atoms with Gasteiger partial charge in [0.05, 0.1) is 12.5 Å². The molecular formula is C13H24N4O5. The van der Waals surface area contributed by atoms with Crippen molar-refractivity contribution in [1.29, 1.82) is 0 Å². The van der Waals surface area contributed by atoms with Crippen LogP contribution in [0.5, 0.6) is 0 Å². The molecule has 0 bridgehead atoms. The molecule has 22 heavy (non-hydrogen) atoms. The molecule has 7 N–H and O–H groups in total. The highest BCUT2D eigenvalue weighted by Crippen LogP contribution is 2.04. The highest BCUT2D eigenvalue weighted by atomic mass is 16.4. The van der Waals surface area contributed by atoms with Crippen LogP contribution in [0, 0.1) is 5.92 Å². The maximum Gasteiger partial charge on any atom is 0.305 e. The number of hydrogen-bond donors (Lipinski definition) is 5. The normalized spacial score (nSPS) is 14.8. The summed E-state index contributed by atoms with van der Waals surface area (Å²) in [5.41, 5.74) is 10.6. The minimum atomic E-state index is -1.25. The molecule has 0 spiro atoms. The molecule has 0 aliphatic carbocycles. The molecular weight excluding hydrogens is 292 g/mol. The largest absolute Gasteiger partial charge is 0.481 e. The molecule has 0 saturated heterocycles. The molecule has 0 aliphatic heterocycles. The average molecular weight is 316 g/mol. The average Bonchev–Trinajstić information content (AvgIpc) is 2.35. The number of carboxylic acids is 1. The number of nitrogens with one attached hydrogen (secondary N) is 2. The van der Waals surface area contributed by atoms with Gasteiger partial charge in [-0.1, -0.05) is 13.8 Å². The van der Waals surface area contributed by atoms with E-state index < -0.39 is 48.2 Å². The van der Waals surface area contributed by atoms with Gasteiger partial charge in [-0.3, -0.25) is 19.2 Å². The Balaban J connectivity index is 4.55. The van der Waals surface area contributed by atoms with E-state index in [4.69, 9.17) is 16.6 Å². The van der Waals surface area contributed by atoms with Crippen LogP contribution in [0.3, 0.4) is 0 Å². The van der Waals surface area contributed by atoms with Gasteiger partial charge in [-0.2, -0.15) is 0 Å². The fourth-order valence-electron chi connectivity index (χ4n) is 1.68. The molecule has 0 aliphatic rings. The zero-order valence-corrected chi connectivity index (χ0v) is 13.0. The molecule has 0 aromatic rings. The Morgan fingerprint density at radius 1 is 1.05 bits per heavy atom. The predicted molar refractivity (Wildman–Crippen MR) is 78.4 cm³/mol. The predicted octanol–water partition coefficient (Wildman–Crippen LogP) is -1.69. The molecule has 0 saturated carbocycles. The minimum absolute atomic E-state index is 0.145. The van der Waals surface area contributed by atoms with Gasteiger partial charge in [0.25, 0.3) is 0 Å². The molecule has 0 fully saturated rings. The van der Waals surface area contributed by atoms with Gasteiger partial charge < -0.3 is 27.2 Å². The van der Waals surface area contributed by atoms with Crippen LogP contribution in [0.15, 0.2) is 0 Å². The first-order chi connectivity index (χ1) is 10.0. The molecule has 0 radical (unpaired) electrons. The number of aliphatic carboxylic acids is 1. The first-order valence-electron chi connectivity index (χ1n) is 6.92. The topological polar surface area (TPSA) is 165 Å². The molecule has 3 amide bonds. The zero-order chi connectivity index (χ0) is 17.4. The van der Waals surface area contributed by atoms with Crippen molar-refractivity contribution in [2.75, 3.05) is 0 Å². The van der Waals surface area contributed by atoms with Crippen LogP contribution in [-0.2, 0) is 19.2 Å². The number of rotatable bonds is 9. The molecule has 9 heteroatoms. The molecule has 0 rings (SSSR count). The van der Waals surface area contributed by atoms with Gasteiger partial charge in [-0.15, -0.1) is 0 Å². The number of carbonyl (C=O) groups excluding carboxylic acids is 3. The van der Waals surface area contributed by atoms with Crippen molar-refractivity contribution in [3.05, 3.63) is 0 Å². The summed E-state index contributed by atoms with van der Waals surface area (Å²) in [4.78, 5) is 45.3. The van der Waals surface area contributed by atoms with Gasteiger partial charge in [-0.25, -0.2) is 0 Å². The first-order valence-corrected chi connectivity index (χ1v) is 6.92. The van der Waals surface area contributed by atoms with Crippen LogP contribution in [0.1, 0.15) is 33.6 Å². The fraction of sp³-hybridized carbons (Fsp3) is 0.692. The lowest BCUT2D eigenvalue weighted by atomic mass is 10.0. The van der Waals surface area contributed by atoms with Gasteiger partial charge >= 0.3 is 5.97 Å². The molecule has 9 nitrogen and oxygen atoms in total. The van der Waals surface area contributed by atoms with Gasteiger partial charge in [0.1, 0.15) is 12.1 Å². The summed E-state index contributed by atoms with van der Waals surface area (Å²) in [6.45, 7) is 5.14. The third-order valence-corrected chi connectivity index (χ3v) is 2.85. The Labute approximate surface area is 128 Å². The molecule has 0 aromatic heterocycles. The maximum absolute atomic E-state index is 11.9. The highest BCUT2D eigenvalue weighted by Gasteiger charge is 2.25. The van der Waals surface area contributed by atoms with E-state index in [0.717, 1.165) is 0 Å². The second-order valence-corrected chi connectivity index (χ2v) is 5.53. The van der Waals surface area contributed by atoms with Crippen molar-refractivity contribution in [3.8, 4) is 0 Å². The van der Waals surface area contributed by atoms with E-state index in [2.05, 4.69) is 10.6 Å². The van der Waals surface area contributed by atoms with Crippen molar-refractivity contribution in [3.63, 3.8) is 0 Å². The third-order valence-electron chi connectivity index (χ3n) is 2.85. The number of carboxylic acid groups (broad SMARTS) is 1. The van der Waals surface area contributed by atoms with Crippen LogP contribution in [0.25, 0.3) is 0 Å². The number of carbonyl (C=O) groups is 4. The third kappa shape index (κ3) is 7.58. The summed E-state index contributed by atoms with van der Waals surface area (Å²) < 4.78 is 0. The second-order valence-electron chi connectivity index (χ2n) is 5.53. The Morgan fingerprint density at radius 2 is 1.59 bits per heavy atom. The monoisotopic (exact) mass is 316 g/mol. The van der Waals surface area contributed by atoms with Crippen LogP contribution in [-0.4, -0.2) is 46.9 Å². The summed E-state index contributed by atoms with van der Waals surface area (Å²) in [5, 5.41) is 13.3. The van der Waals surface area contributed by atoms with E-state index in [1.54, 1.807) is 0 Å². The summed E-state index contributed by atoms with van der Waals surface area (Å²) in [6.07, 6.45) is -0.169. The van der Waals surface area contributed by atoms with Crippen LogP contribution in [0.4, 0.5) is 0 Å². The Morgan fingerprint density at radius 3 is 2.00 bits per heavy atom. The molecule has 126 valence electrons. The van der Waals surface area contributed by atoms with E-state index in [1.807, 2.05) is 13.8 Å². The summed E-state index contributed by atoms with van der Waals surface area (Å²) >= 11 is 0. The van der Waals surface area contributed by atoms with E-state index >= 15 is 0 Å². The van der Waals surface area contributed by atoms with E-state index in [1.165, 1.54) is 6.92 Å². The van der Waals surface area contributed by atoms with E-state index in [9.17, 15) is 19.2 Å². The molecule has 0 heterocycles. The van der Waals surface area contributed by atoms with Gasteiger partial charge in [-0.05, 0) is 19.3 Å². The first kappa shape index (κ1) is 19.8. The molecule has 3 atom stereocenters. The quantitative estimate of drug-likeness (QED) is 0.340. The number of hydrogen-bond acceptors (Lipinski definition) is 5. The summed E-state index contributed by atoms with van der Waals surface area (Å²) in [6, 6.07) is -3.06. The highest BCUT2D eigenvalue weighted by molar-refractivity contribution is 5.93. The van der Waals surface area contributed by atoms with Gasteiger partial charge in [0.15, 0.2) is 0 Å². The van der Waals surface area contributed by atoms with Crippen LogP contribution < -0.4 is 22.1 Å².